The zero-order valence-electron chi connectivity index (χ0n) is 22.4. The van der Waals surface area contributed by atoms with Crippen molar-refractivity contribution in [3.05, 3.63) is 29.6 Å². The molecule has 2 fully saturated rings. The topological polar surface area (TPSA) is 157 Å². The van der Waals surface area contributed by atoms with Gasteiger partial charge in [-0.25, -0.2) is 4.79 Å². The molecule has 208 valence electrons. The Labute approximate surface area is 218 Å². The minimum atomic E-state index is -2.74. The van der Waals surface area contributed by atoms with Crippen LogP contribution in [0, 0.1) is 18.3 Å². The van der Waals surface area contributed by atoms with Crippen molar-refractivity contribution in [2.75, 3.05) is 26.3 Å². The van der Waals surface area contributed by atoms with Gasteiger partial charge in [-0.2, -0.15) is 0 Å². The molecular formula is C27H42N2O8. The lowest BCUT2D eigenvalue weighted by Crippen LogP contribution is -2.42. The van der Waals surface area contributed by atoms with Gasteiger partial charge in [0, 0.05) is 36.0 Å². The first kappa shape index (κ1) is 30.7. The van der Waals surface area contributed by atoms with Crippen LogP contribution in [0.5, 0.6) is 0 Å². The molecule has 1 aliphatic carbocycles. The first-order chi connectivity index (χ1) is 17.2. The summed E-state index contributed by atoms with van der Waals surface area (Å²) >= 11 is 0. The lowest BCUT2D eigenvalue weighted by atomic mass is 9.82. The molecule has 1 aromatic heterocycles. The fraction of sp³-hybridized carbons (Fsp3) is 0.704. The average Bonchev–Trinajstić information content (AvgIpc) is 3.54. The molecule has 0 radical (unpaired) electrons. The van der Waals surface area contributed by atoms with E-state index < -0.39 is 36.4 Å². The molecule has 0 spiro atoms. The van der Waals surface area contributed by atoms with Gasteiger partial charge < -0.3 is 25.2 Å². The molecule has 1 saturated carbocycles. The molecular weight excluding hydrogens is 480 g/mol. The standard InChI is InChI=1S/C21H34N2O.C6H8O7/c1-5-24-16-21(11-10-18-7-8-18)12-13-23(15-21)20(3,4)19-9-6-17(2)22-14-19;7-3(8)1-6(13,5(11)12)2-4(9)10/h6,9,14,18H,5,7-8,10-13,15-16H2,1-4H3;13H,1-2H2,(H,7,8)(H,9,10)(H,11,12). The summed E-state index contributed by atoms with van der Waals surface area (Å²) in [6.45, 7) is 12.9. The van der Waals surface area contributed by atoms with Crippen LogP contribution in [0.2, 0.25) is 0 Å². The zero-order valence-corrected chi connectivity index (χ0v) is 22.4. The molecule has 2 heterocycles. The fourth-order valence-electron chi connectivity index (χ4n) is 4.77. The maximum atomic E-state index is 10.3. The summed E-state index contributed by atoms with van der Waals surface area (Å²) in [4.78, 5) is 37.7. The van der Waals surface area contributed by atoms with Crippen molar-refractivity contribution in [1.29, 1.82) is 0 Å². The van der Waals surface area contributed by atoms with Crippen LogP contribution in [0.1, 0.15) is 77.0 Å². The second-order valence-corrected chi connectivity index (χ2v) is 11.0. The number of rotatable bonds is 13. The van der Waals surface area contributed by atoms with Gasteiger partial charge >= 0.3 is 17.9 Å². The number of carbonyl (C=O) groups is 3. The van der Waals surface area contributed by atoms with Crippen LogP contribution >= 0.6 is 0 Å². The SMILES string of the molecule is CCOCC1(CCC2CC2)CCN(C(C)(C)c2ccc(C)nc2)C1.O=C(O)CC(O)(CC(=O)O)C(=O)O. The Hall–Kier alpha value is -2.56. The Kier molecular flexibility index (Phi) is 10.6. The van der Waals surface area contributed by atoms with E-state index in [0.717, 1.165) is 31.4 Å². The smallest absolute Gasteiger partial charge is 0.336 e. The van der Waals surface area contributed by atoms with Crippen molar-refractivity contribution < 1.29 is 39.5 Å². The molecule has 2 aliphatic rings. The molecule has 0 amide bonds. The van der Waals surface area contributed by atoms with Crippen LogP contribution in [0.3, 0.4) is 0 Å². The predicted molar refractivity (Wildman–Crippen MR) is 136 cm³/mol. The highest BCUT2D eigenvalue weighted by molar-refractivity contribution is 5.88. The molecule has 1 unspecified atom stereocenters. The van der Waals surface area contributed by atoms with E-state index in [9.17, 15) is 14.4 Å². The number of aromatic nitrogens is 1. The van der Waals surface area contributed by atoms with Gasteiger partial charge in [0.15, 0.2) is 5.60 Å². The molecule has 0 bridgehead atoms. The van der Waals surface area contributed by atoms with Gasteiger partial charge in [0.25, 0.3) is 0 Å². The monoisotopic (exact) mass is 522 g/mol. The number of nitrogens with zero attached hydrogens (tertiary/aromatic N) is 2. The zero-order chi connectivity index (χ0) is 27.9. The summed E-state index contributed by atoms with van der Waals surface area (Å²) in [6.07, 6.45) is 6.67. The maximum Gasteiger partial charge on any atom is 0.336 e. The van der Waals surface area contributed by atoms with Gasteiger partial charge in [-0.1, -0.05) is 18.9 Å². The molecule has 10 nitrogen and oxygen atoms in total. The molecule has 37 heavy (non-hydrogen) atoms. The summed E-state index contributed by atoms with van der Waals surface area (Å²) in [7, 11) is 0. The van der Waals surface area contributed by atoms with Gasteiger partial charge in [-0.15, -0.1) is 0 Å². The Morgan fingerprint density at radius 2 is 1.76 bits per heavy atom. The molecule has 1 atom stereocenters. The number of hydrogen-bond acceptors (Lipinski definition) is 7. The molecule has 1 saturated heterocycles. The van der Waals surface area contributed by atoms with Gasteiger partial charge in [0.05, 0.1) is 19.4 Å². The Bertz CT molecular complexity index is 913. The molecule has 4 N–H and O–H groups in total. The van der Waals surface area contributed by atoms with Crippen LogP contribution in [-0.4, -0.2) is 80.1 Å². The number of pyridine rings is 1. The largest absolute Gasteiger partial charge is 0.481 e. The molecule has 10 heteroatoms. The minimum Gasteiger partial charge on any atom is -0.481 e. The van der Waals surface area contributed by atoms with Crippen molar-refractivity contribution in [1.82, 2.24) is 9.88 Å². The fourth-order valence-corrected chi connectivity index (χ4v) is 4.77. The van der Waals surface area contributed by atoms with Crippen LogP contribution in [0.15, 0.2) is 18.3 Å². The number of carboxylic acids is 3. The first-order valence-electron chi connectivity index (χ1n) is 12.9. The first-order valence-corrected chi connectivity index (χ1v) is 12.9. The third kappa shape index (κ3) is 9.05. The summed E-state index contributed by atoms with van der Waals surface area (Å²) < 4.78 is 5.92. The third-order valence-corrected chi connectivity index (χ3v) is 7.52. The highest BCUT2D eigenvalue weighted by atomic mass is 16.5. The van der Waals surface area contributed by atoms with E-state index in [1.807, 2.05) is 0 Å². The van der Waals surface area contributed by atoms with E-state index in [4.69, 9.17) is 25.2 Å². The Morgan fingerprint density at radius 3 is 2.22 bits per heavy atom. The van der Waals surface area contributed by atoms with Crippen LogP contribution < -0.4 is 0 Å². The molecule has 0 aromatic carbocycles. The summed E-state index contributed by atoms with van der Waals surface area (Å²) in [6, 6.07) is 4.38. The van der Waals surface area contributed by atoms with Crippen molar-refractivity contribution >= 4 is 17.9 Å². The summed E-state index contributed by atoms with van der Waals surface area (Å²) in [5, 5.41) is 33.8. The van der Waals surface area contributed by atoms with Crippen molar-refractivity contribution in [3.63, 3.8) is 0 Å². The number of aliphatic hydroxyl groups is 1. The molecule has 1 aromatic rings. The van der Waals surface area contributed by atoms with Crippen LogP contribution in [0.25, 0.3) is 0 Å². The lowest BCUT2D eigenvalue weighted by Gasteiger charge is -2.38. The van der Waals surface area contributed by atoms with Crippen molar-refractivity contribution in [2.45, 2.75) is 83.8 Å². The normalized spacial score (nSPS) is 20.2. The van der Waals surface area contributed by atoms with E-state index in [1.165, 1.54) is 44.2 Å². The quantitative estimate of drug-likeness (QED) is 0.303. The van der Waals surface area contributed by atoms with Gasteiger partial charge in [-0.3, -0.25) is 19.5 Å². The van der Waals surface area contributed by atoms with E-state index in [0.29, 0.717) is 5.41 Å². The van der Waals surface area contributed by atoms with Gasteiger partial charge in [0.1, 0.15) is 0 Å². The highest BCUT2D eigenvalue weighted by Crippen LogP contribution is 2.45. The predicted octanol–water partition coefficient (Wildman–Crippen LogP) is 3.30. The van der Waals surface area contributed by atoms with Gasteiger partial charge in [-0.05, 0) is 71.0 Å². The summed E-state index contributed by atoms with van der Waals surface area (Å²) in [5.74, 6) is -4.01. The summed E-state index contributed by atoms with van der Waals surface area (Å²) in [5.41, 5.74) is 0.0634. The molecule has 1 aliphatic heterocycles. The Morgan fingerprint density at radius 1 is 1.14 bits per heavy atom. The number of carboxylic acid groups (broad SMARTS) is 3. The van der Waals surface area contributed by atoms with Gasteiger partial charge in [0.2, 0.25) is 0 Å². The lowest BCUT2D eigenvalue weighted by molar-refractivity contribution is -0.170. The van der Waals surface area contributed by atoms with Crippen molar-refractivity contribution in [3.8, 4) is 0 Å². The third-order valence-electron chi connectivity index (χ3n) is 7.52. The number of likely N-dealkylation sites (tertiary alicyclic amines) is 1. The van der Waals surface area contributed by atoms with E-state index in [1.54, 1.807) is 0 Å². The number of aryl methyl sites for hydroxylation is 1. The minimum absolute atomic E-state index is 0.0360. The van der Waals surface area contributed by atoms with E-state index in [-0.39, 0.29) is 5.54 Å². The highest BCUT2D eigenvalue weighted by Gasteiger charge is 2.44. The maximum absolute atomic E-state index is 10.3. The van der Waals surface area contributed by atoms with Crippen LogP contribution in [-0.2, 0) is 24.7 Å². The number of aliphatic carboxylic acids is 3. The molecule has 3 rings (SSSR count). The van der Waals surface area contributed by atoms with Crippen molar-refractivity contribution in [2.24, 2.45) is 11.3 Å². The second-order valence-electron chi connectivity index (χ2n) is 11.0. The Balaban J connectivity index is 0.000000317. The van der Waals surface area contributed by atoms with Crippen LogP contribution in [0.4, 0.5) is 0 Å². The number of ether oxygens (including phenoxy) is 1. The number of hydrogen-bond donors (Lipinski definition) is 4. The second kappa shape index (κ2) is 12.8. The average molecular weight is 523 g/mol. The van der Waals surface area contributed by atoms with E-state index >= 15 is 0 Å². The van der Waals surface area contributed by atoms with E-state index in [2.05, 4.69) is 55.9 Å².